The van der Waals surface area contributed by atoms with Gasteiger partial charge in [-0.2, -0.15) is 0 Å². The molecule has 37 heavy (non-hydrogen) atoms. The maximum atomic E-state index is 13.0. The van der Waals surface area contributed by atoms with Crippen molar-refractivity contribution in [3.05, 3.63) is 105 Å². The maximum Gasteiger partial charge on any atom is 0.342 e. The van der Waals surface area contributed by atoms with Gasteiger partial charge < -0.3 is 18.6 Å². The molecule has 2 amide bonds. The van der Waals surface area contributed by atoms with Crippen LogP contribution in [0.5, 0.6) is 11.5 Å². The molecule has 4 aromatic rings. The summed E-state index contributed by atoms with van der Waals surface area (Å²) in [4.78, 5) is 51.7. The first-order valence-corrected chi connectivity index (χ1v) is 11.3. The van der Waals surface area contributed by atoms with Crippen molar-refractivity contribution in [3.63, 3.8) is 0 Å². The zero-order chi connectivity index (χ0) is 26.1. The third-order valence-electron chi connectivity index (χ3n) is 6.10. The molecule has 2 heterocycles. The molecule has 0 N–H and O–H groups in total. The predicted molar refractivity (Wildman–Crippen MR) is 132 cm³/mol. The Bertz CT molecular complexity index is 1590. The number of carbonyl (C=O) groups is 3. The van der Waals surface area contributed by atoms with Crippen molar-refractivity contribution in [3.8, 4) is 11.5 Å². The maximum absolute atomic E-state index is 13.0. The van der Waals surface area contributed by atoms with Crippen molar-refractivity contribution in [2.45, 2.75) is 13.2 Å². The molecule has 0 saturated carbocycles. The Balaban J connectivity index is 1.38. The fourth-order valence-corrected chi connectivity index (χ4v) is 4.26. The average molecular weight is 499 g/mol. The molecular weight excluding hydrogens is 478 g/mol. The lowest BCUT2D eigenvalue weighted by Gasteiger charge is -2.16. The van der Waals surface area contributed by atoms with Crippen LogP contribution < -0.4 is 15.1 Å². The van der Waals surface area contributed by atoms with Gasteiger partial charge in [0.2, 0.25) is 0 Å². The molecule has 1 aliphatic heterocycles. The fraction of sp³-hybridized carbons (Fsp3) is 0.143. The number of nitrogens with zero attached hydrogens (tertiary/aromatic N) is 1. The average Bonchev–Trinajstić information content (AvgIpc) is 3.15. The van der Waals surface area contributed by atoms with Crippen molar-refractivity contribution in [2.24, 2.45) is 0 Å². The minimum Gasteiger partial charge on any atom is -0.497 e. The summed E-state index contributed by atoms with van der Waals surface area (Å²) in [5.74, 6) is -0.711. The smallest absolute Gasteiger partial charge is 0.342 e. The summed E-state index contributed by atoms with van der Waals surface area (Å²) in [6.07, 6.45) is 0. The van der Waals surface area contributed by atoms with E-state index in [2.05, 4.69) is 0 Å². The van der Waals surface area contributed by atoms with Crippen LogP contribution in [0, 0.1) is 0 Å². The summed E-state index contributed by atoms with van der Waals surface area (Å²) in [5.41, 5.74) is 1.52. The largest absolute Gasteiger partial charge is 0.497 e. The Morgan fingerprint density at radius 3 is 2.27 bits per heavy atom. The molecule has 5 rings (SSSR count). The molecule has 0 spiro atoms. The highest BCUT2D eigenvalue weighted by molar-refractivity contribution is 6.21. The predicted octanol–water partition coefficient (Wildman–Crippen LogP) is 3.96. The number of benzene rings is 3. The number of hydrogen-bond donors (Lipinski definition) is 0. The van der Waals surface area contributed by atoms with E-state index in [-0.39, 0.29) is 24.5 Å². The van der Waals surface area contributed by atoms with Crippen LogP contribution in [0.2, 0.25) is 0 Å². The van der Waals surface area contributed by atoms with Crippen LogP contribution in [-0.2, 0) is 17.9 Å². The van der Waals surface area contributed by atoms with E-state index in [1.54, 1.807) is 54.6 Å². The third-order valence-corrected chi connectivity index (χ3v) is 6.10. The van der Waals surface area contributed by atoms with E-state index in [1.165, 1.54) is 26.4 Å². The lowest BCUT2D eigenvalue weighted by molar-refractivity contribution is 0.0469. The topological polar surface area (TPSA) is 112 Å². The van der Waals surface area contributed by atoms with Gasteiger partial charge in [0.05, 0.1) is 31.9 Å². The number of esters is 1. The third kappa shape index (κ3) is 4.42. The summed E-state index contributed by atoms with van der Waals surface area (Å²) in [6, 6.07) is 17.6. The second-order valence-corrected chi connectivity index (χ2v) is 8.31. The van der Waals surface area contributed by atoms with E-state index < -0.39 is 23.4 Å². The van der Waals surface area contributed by atoms with Gasteiger partial charge in [-0.15, -0.1) is 0 Å². The summed E-state index contributed by atoms with van der Waals surface area (Å²) in [6.45, 7) is -0.220. The molecule has 0 radical (unpaired) electrons. The van der Waals surface area contributed by atoms with Crippen molar-refractivity contribution < 1.29 is 33.0 Å². The number of hydrogen-bond acceptors (Lipinski definition) is 8. The van der Waals surface area contributed by atoms with Gasteiger partial charge >= 0.3 is 11.6 Å². The lowest BCUT2D eigenvalue weighted by Crippen LogP contribution is -2.29. The highest BCUT2D eigenvalue weighted by Gasteiger charge is 2.35. The van der Waals surface area contributed by atoms with Crippen LogP contribution in [0.4, 0.5) is 0 Å². The molecule has 9 heteroatoms. The van der Waals surface area contributed by atoms with Crippen LogP contribution in [-0.4, -0.2) is 36.9 Å². The van der Waals surface area contributed by atoms with E-state index in [1.807, 2.05) is 0 Å². The summed E-state index contributed by atoms with van der Waals surface area (Å²) in [5, 5.41) is 0.597. The minimum absolute atomic E-state index is 0.0250. The highest BCUT2D eigenvalue weighted by Crippen LogP contribution is 2.28. The Kier molecular flexibility index (Phi) is 6.19. The Labute approximate surface area is 210 Å². The van der Waals surface area contributed by atoms with Crippen LogP contribution in [0.3, 0.4) is 0 Å². The Morgan fingerprint density at radius 2 is 1.59 bits per heavy atom. The lowest BCUT2D eigenvalue weighted by atomic mass is 10.1. The van der Waals surface area contributed by atoms with Gasteiger partial charge in [0.15, 0.2) is 0 Å². The molecule has 9 nitrogen and oxygen atoms in total. The molecule has 0 bridgehead atoms. The molecule has 3 aromatic carbocycles. The van der Waals surface area contributed by atoms with Crippen molar-refractivity contribution in [1.29, 1.82) is 0 Å². The molecule has 1 aromatic heterocycles. The summed E-state index contributed by atoms with van der Waals surface area (Å²) in [7, 11) is 2.92. The molecule has 1 aliphatic rings. The first kappa shape index (κ1) is 23.8. The quantitative estimate of drug-likeness (QED) is 0.213. The van der Waals surface area contributed by atoms with E-state index >= 15 is 0 Å². The number of ether oxygens (including phenoxy) is 3. The van der Waals surface area contributed by atoms with Gasteiger partial charge in [-0.3, -0.25) is 14.5 Å². The van der Waals surface area contributed by atoms with Crippen LogP contribution in [0.15, 0.2) is 75.9 Å². The summed E-state index contributed by atoms with van der Waals surface area (Å²) >= 11 is 0. The molecule has 0 unspecified atom stereocenters. The zero-order valence-corrected chi connectivity index (χ0v) is 20.0. The SMILES string of the molecule is COc1ccc2c(COC(=O)c3cc(CN4C(=O)c5ccccc5C4=O)ccc3OC)cc(=O)oc2c1. The molecule has 0 atom stereocenters. The van der Waals surface area contributed by atoms with Gasteiger partial charge in [0.1, 0.15) is 29.3 Å². The Morgan fingerprint density at radius 1 is 0.865 bits per heavy atom. The fourth-order valence-electron chi connectivity index (χ4n) is 4.26. The normalized spacial score (nSPS) is 12.5. The first-order chi connectivity index (χ1) is 17.9. The van der Waals surface area contributed by atoms with Crippen molar-refractivity contribution >= 4 is 28.8 Å². The molecule has 0 aliphatic carbocycles. The second kappa shape index (κ2) is 9.62. The molecule has 0 fully saturated rings. The van der Waals surface area contributed by atoms with Crippen molar-refractivity contribution in [2.75, 3.05) is 14.2 Å². The first-order valence-electron chi connectivity index (χ1n) is 11.3. The van der Waals surface area contributed by atoms with Crippen LogP contribution >= 0.6 is 0 Å². The minimum atomic E-state index is -0.698. The number of amides is 2. The van der Waals surface area contributed by atoms with Crippen LogP contribution in [0.25, 0.3) is 11.0 Å². The number of carbonyl (C=O) groups excluding carboxylic acids is 3. The second-order valence-electron chi connectivity index (χ2n) is 8.31. The standard InChI is InChI=1S/C28H21NO8/c1-34-18-8-9-19-17(12-25(30)37-24(19)13-18)15-36-28(33)22-11-16(7-10-23(22)35-2)14-29-26(31)20-5-3-4-6-21(20)27(29)32/h3-13H,14-15H2,1-2H3. The summed E-state index contributed by atoms with van der Waals surface area (Å²) < 4.78 is 21.2. The highest BCUT2D eigenvalue weighted by atomic mass is 16.5. The number of methoxy groups -OCH3 is 2. The number of imide groups is 1. The molecule has 186 valence electrons. The monoisotopic (exact) mass is 499 g/mol. The van der Waals surface area contributed by atoms with Crippen molar-refractivity contribution in [1.82, 2.24) is 4.90 Å². The van der Waals surface area contributed by atoms with Gasteiger partial charge in [0.25, 0.3) is 11.8 Å². The van der Waals surface area contributed by atoms with E-state index in [4.69, 9.17) is 18.6 Å². The van der Waals surface area contributed by atoms with Gasteiger partial charge in [-0.25, -0.2) is 9.59 Å². The Hall–Kier alpha value is -4.92. The van der Waals surface area contributed by atoms with Gasteiger partial charge in [-0.1, -0.05) is 18.2 Å². The van der Waals surface area contributed by atoms with Crippen LogP contribution in [0.1, 0.15) is 42.2 Å². The number of fused-ring (bicyclic) bond motifs is 2. The van der Waals surface area contributed by atoms with Gasteiger partial charge in [-0.05, 0) is 42.0 Å². The molecular formula is C28H21NO8. The molecule has 0 saturated heterocycles. The van der Waals surface area contributed by atoms with E-state index in [0.29, 0.717) is 39.0 Å². The number of rotatable bonds is 7. The van der Waals surface area contributed by atoms with E-state index in [0.717, 1.165) is 4.90 Å². The zero-order valence-electron chi connectivity index (χ0n) is 20.0. The van der Waals surface area contributed by atoms with Gasteiger partial charge in [0, 0.05) is 23.1 Å². The van der Waals surface area contributed by atoms with E-state index in [9.17, 15) is 19.2 Å².